The smallest absolute Gasteiger partial charge is 0.147 e. The summed E-state index contributed by atoms with van der Waals surface area (Å²) < 4.78 is 7.72. The number of nitrogens with zero attached hydrogens (tertiary/aromatic N) is 4. The Kier molecular flexibility index (Phi) is 4.91. The molecule has 2 aromatic carbocycles. The first-order valence-corrected chi connectivity index (χ1v) is 11.2. The first-order valence-electron chi connectivity index (χ1n) is 9.97. The van der Waals surface area contributed by atoms with Gasteiger partial charge >= 0.3 is 0 Å². The topological polar surface area (TPSA) is 52.8 Å². The van der Waals surface area contributed by atoms with Gasteiger partial charge in [0.15, 0.2) is 0 Å². The Morgan fingerprint density at radius 2 is 1.94 bits per heavy atom. The molecule has 5 nitrogen and oxygen atoms in total. The Labute approximate surface area is 190 Å². The average molecular weight is 449 g/mol. The summed E-state index contributed by atoms with van der Waals surface area (Å²) in [5.41, 5.74) is 3.87. The Balaban J connectivity index is 1.82. The van der Waals surface area contributed by atoms with Crippen LogP contribution >= 0.6 is 22.9 Å². The molecule has 1 unspecified atom stereocenters. The Hall–Kier alpha value is -2.96. The van der Waals surface area contributed by atoms with Crippen LogP contribution < -0.4 is 4.74 Å². The molecule has 0 saturated carbocycles. The second-order valence-corrected chi connectivity index (χ2v) is 9.29. The highest BCUT2D eigenvalue weighted by molar-refractivity contribution is 7.09. The molecular formula is C24H21ClN4OS. The molecule has 0 radical (unpaired) electrons. The third kappa shape index (κ3) is 3.46. The van der Waals surface area contributed by atoms with Crippen molar-refractivity contribution >= 4 is 28.5 Å². The van der Waals surface area contributed by atoms with Crippen molar-refractivity contribution in [1.82, 2.24) is 19.7 Å². The zero-order valence-electron chi connectivity index (χ0n) is 17.5. The maximum atomic E-state index is 6.19. The molecule has 0 fully saturated rings. The van der Waals surface area contributed by atoms with Gasteiger partial charge in [-0.25, -0.2) is 4.98 Å². The fraction of sp³-hybridized carbons (Fsp3) is 0.208. The molecule has 3 heterocycles. The van der Waals surface area contributed by atoms with E-state index in [1.807, 2.05) is 36.7 Å². The largest absolute Gasteiger partial charge is 0.497 e. The first-order chi connectivity index (χ1) is 15.0. The molecule has 31 heavy (non-hydrogen) atoms. The summed E-state index contributed by atoms with van der Waals surface area (Å²) in [4.78, 5) is 4.55. The van der Waals surface area contributed by atoms with Crippen LogP contribution in [0.4, 0.5) is 0 Å². The van der Waals surface area contributed by atoms with Gasteiger partial charge in [-0.15, -0.1) is 21.5 Å². The van der Waals surface area contributed by atoms with Crippen molar-refractivity contribution in [3.05, 3.63) is 92.9 Å². The minimum absolute atomic E-state index is 0.416. The molecule has 0 aliphatic carbocycles. The highest BCUT2D eigenvalue weighted by Gasteiger charge is 2.36. The molecule has 1 atom stereocenters. The Morgan fingerprint density at radius 1 is 1.13 bits per heavy atom. The number of methoxy groups -OCH3 is 1. The fourth-order valence-corrected chi connectivity index (χ4v) is 5.10. The van der Waals surface area contributed by atoms with E-state index in [2.05, 4.69) is 57.0 Å². The van der Waals surface area contributed by atoms with E-state index in [0.29, 0.717) is 5.02 Å². The van der Waals surface area contributed by atoms with Crippen molar-refractivity contribution in [2.45, 2.75) is 25.7 Å². The summed E-state index contributed by atoms with van der Waals surface area (Å²) in [6.45, 7) is 4.19. The number of rotatable bonds is 4. The maximum Gasteiger partial charge on any atom is 0.147 e. The number of allylic oxidation sites excluding steroid dienone is 1. The summed E-state index contributed by atoms with van der Waals surface area (Å²) in [6.07, 6.45) is 4.87. The monoisotopic (exact) mass is 448 g/mol. The van der Waals surface area contributed by atoms with Gasteiger partial charge in [-0.05, 0) is 55.3 Å². The number of thiazole rings is 1. The number of hydrogen-bond acceptors (Lipinski definition) is 5. The lowest BCUT2D eigenvalue weighted by Gasteiger charge is -2.24. The van der Waals surface area contributed by atoms with Crippen LogP contribution in [0.5, 0.6) is 5.75 Å². The molecule has 0 bridgehead atoms. The van der Waals surface area contributed by atoms with E-state index in [9.17, 15) is 0 Å². The van der Waals surface area contributed by atoms with E-state index in [0.717, 1.165) is 51.2 Å². The van der Waals surface area contributed by atoms with E-state index >= 15 is 0 Å². The number of benzene rings is 2. The quantitative estimate of drug-likeness (QED) is 0.405. The number of aromatic nitrogens is 4. The van der Waals surface area contributed by atoms with E-state index in [1.165, 1.54) is 0 Å². The van der Waals surface area contributed by atoms with Crippen molar-refractivity contribution in [2.75, 3.05) is 7.11 Å². The summed E-state index contributed by atoms with van der Waals surface area (Å²) in [5, 5.41) is 12.8. The summed E-state index contributed by atoms with van der Waals surface area (Å²) >= 11 is 7.85. The molecule has 4 aromatic rings. The van der Waals surface area contributed by atoms with Crippen LogP contribution in [-0.4, -0.2) is 26.9 Å². The van der Waals surface area contributed by atoms with Gasteiger partial charge in [-0.2, -0.15) is 0 Å². The molecule has 0 amide bonds. The predicted molar refractivity (Wildman–Crippen MR) is 124 cm³/mol. The second-order valence-electron chi connectivity index (χ2n) is 7.87. The van der Waals surface area contributed by atoms with Crippen molar-refractivity contribution in [3.63, 3.8) is 0 Å². The maximum absolute atomic E-state index is 6.19. The number of aryl methyl sites for hydroxylation is 1. The van der Waals surface area contributed by atoms with Gasteiger partial charge < -0.3 is 4.74 Å². The van der Waals surface area contributed by atoms with E-state index in [1.54, 1.807) is 18.4 Å². The van der Waals surface area contributed by atoms with Crippen LogP contribution in [0.1, 0.15) is 34.7 Å². The number of halogens is 1. The average Bonchev–Trinajstić information content (AvgIpc) is 3.40. The lowest BCUT2D eigenvalue weighted by atomic mass is 9.82. The second kappa shape index (κ2) is 7.62. The van der Waals surface area contributed by atoms with E-state index in [-0.39, 0.29) is 0 Å². The van der Waals surface area contributed by atoms with Crippen molar-refractivity contribution in [2.24, 2.45) is 0 Å². The third-order valence-electron chi connectivity index (χ3n) is 5.69. The molecule has 156 valence electrons. The standard InChI is InChI=1S/C24H21ClN4OS/c1-15-27-28-23-24(2,14-22-26-10-11-31-22)13-20(16-4-6-17(25)7-5-16)19-12-18(30-3)8-9-21(19)29(15)23/h4-13H,14H2,1-3H3. The van der Waals surface area contributed by atoms with Crippen molar-refractivity contribution < 1.29 is 4.74 Å². The highest BCUT2D eigenvalue weighted by Crippen LogP contribution is 2.42. The number of ether oxygens (including phenoxy) is 1. The molecule has 2 aromatic heterocycles. The lowest BCUT2D eigenvalue weighted by Crippen LogP contribution is -2.26. The normalized spacial score (nSPS) is 17.5. The van der Waals surface area contributed by atoms with Gasteiger partial charge in [-0.1, -0.05) is 29.8 Å². The summed E-state index contributed by atoms with van der Waals surface area (Å²) in [6, 6.07) is 14.1. The van der Waals surface area contributed by atoms with Gasteiger partial charge in [-0.3, -0.25) is 4.57 Å². The predicted octanol–water partition coefficient (Wildman–Crippen LogP) is 5.64. The van der Waals surface area contributed by atoms with Crippen molar-refractivity contribution in [1.29, 1.82) is 0 Å². The van der Waals surface area contributed by atoms with Gasteiger partial charge in [0.1, 0.15) is 17.4 Å². The van der Waals surface area contributed by atoms with Gasteiger partial charge in [0.25, 0.3) is 0 Å². The molecule has 7 heteroatoms. The first kappa shape index (κ1) is 20.0. The van der Waals surface area contributed by atoms with E-state index < -0.39 is 5.41 Å². The minimum Gasteiger partial charge on any atom is -0.497 e. The molecule has 0 saturated heterocycles. The van der Waals surface area contributed by atoms with Gasteiger partial charge in [0.2, 0.25) is 0 Å². The van der Waals surface area contributed by atoms with Gasteiger partial charge in [0.05, 0.1) is 23.2 Å². The van der Waals surface area contributed by atoms with Crippen molar-refractivity contribution in [3.8, 4) is 11.4 Å². The minimum atomic E-state index is -0.416. The SMILES string of the molecule is COc1ccc2c(c1)C(c1ccc(Cl)cc1)=CC(C)(Cc1nccs1)c1nnc(C)n1-2. The fourth-order valence-electron chi connectivity index (χ4n) is 4.19. The third-order valence-corrected chi connectivity index (χ3v) is 6.72. The number of fused-ring (bicyclic) bond motifs is 3. The zero-order valence-corrected chi connectivity index (χ0v) is 19.0. The van der Waals surface area contributed by atoms with Crippen LogP contribution in [-0.2, 0) is 11.8 Å². The number of hydrogen-bond donors (Lipinski definition) is 0. The van der Waals surface area contributed by atoms with Crippen LogP contribution in [0.25, 0.3) is 11.3 Å². The highest BCUT2D eigenvalue weighted by atomic mass is 35.5. The molecule has 1 aliphatic heterocycles. The molecule has 5 rings (SSSR count). The van der Waals surface area contributed by atoms with Gasteiger partial charge in [0, 0.05) is 28.6 Å². The lowest BCUT2D eigenvalue weighted by molar-refractivity contribution is 0.414. The van der Waals surface area contributed by atoms with E-state index in [4.69, 9.17) is 16.3 Å². The Morgan fingerprint density at radius 3 is 2.65 bits per heavy atom. The summed E-state index contributed by atoms with van der Waals surface area (Å²) in [7, 11) is 1.69. The zero-order chi connectivity index (χ0) is 21.6. The molecular weight excluding hydrogens is 428 g/mol. The van der Waals surface area contributed by atoms with Crippen LogP contribution in [0.2, 0.25) is 5.02 Å². The summed E-state index contributed by atoms with van der Waals surface area (Å²) in [5.74, 6) is 2.54. The van der Waals surface area contributed by atoms with Crippen LogP contribution in [0, 0.1) is 6.92 Å². The van der Waals surface area contributed by atoms with Crippen LogP contribution in [0.3, 0.4) is 0 Å². The molecule has 1 aliphatic rings. The molecule has 0 spiro atoms. The van der Waals surface area contributed by atoms with Crippen LogP contribution in [0.15, 0.2) is 60.1 Å². The molecule has 0 N–H and O–H groups in total. The Bertz CT molecular complexity index is 1280.